The lowest BCUT2D eigenvalue weighted by Gasteiger charge is -2.19. The molecule has 0 radical (unpaired) electrons. The summed E-state index contributed by atoms with van der Waals surface area (Å²) < 4.78 is 5.51. The Morgan fingerprint density at radius 2 is 2.24 bits per heavy atom. The molecule has 1 saturated carbocycles. The Bertz CT molecular complexity index is 514. The quantitative estimate of drug-likeness (QED) is 0.624. The molecule has 1 unspecified atom stereocenters. The average molecular weight is 292 g/mol. The minimum Gasteiger partial charge on any atom is -0.487 e. The van der Waals surface area contributed by atoms with Gasteiger partial charge in [0, 0.05) is 23.9 Å². The van der Waals surface area contributed by atoms with Crippen LogP contribution < -0.4 is 10.1 Å². The van der Waals surface area contributed by atoms with Crippen LogP contribution in [-0.2, 0) is 0 Å². The van der Waals surface area contributed by atoms with Gasteiger partial charge in [-0.05, 0) is 37.2 Å². The maximum atomic E-state index is 11.0. The standard InChI is InChI=1S/C16H24N2O3/c1-4-9-21-15-10-12(5-6-14(15)18(19)20)17-13-7-8-16(2,3)11-13/h5-6,10,13,17H,4,7-9,11H2,1-3H3. The molecule has 0 spiro atoms. The van der Waals surface area contributed by atoms with Crippen LogP contribution in [0.15, 0.2) is 18.2 Å². The van der Waals surface area contributed by atoms with Crippen LogP contribution in [0.25, 0.3) is 0 Å². The van der Waals surface area contributed by atoms with E-state index in [2.05, 4.69) is 19.2 Å². The lowest BCUT2D eigenvalue weighted by Crippen LogP contribution is -2.17. The number of nitrogens with one attached hydrogen (secondary N) is 1. The molecule has 1 aliphatic carbocycles. The van der Waals surface area contributed by atoms with Crippen LogP contribution in [0.1, 0.15) is 46.5 Å². The number of hydrogen-bond acceptors (Lipinski definition) is 4. The third-order valence-electron chi connectivity index (χ3n) is 3.96. The highest BCUT2D eigenvalue weighted by Gasteiger charge is 2.31. The minimum absolute atomic E-state index is 0.0285. The first kappa shape index (κ1) is 15.6. The van der Waals surface area contributed by atoms with Gasteiger partial charge in [0.25, 0.3) is 0 Å². The van der Waals surface area contributed by atoms with E-state index < -0.39 is 4.92 Å². The third kappa shape index (κ3) is 4.09. The average Bonchev–Trinajstić information content (AvgIpc) is 2.75. The SMILES string of the molecule is CCCOc1cc(NC2CCC(C)(C)C2)ccc1[N+](=O)[O-]. The van der Waals surface area contributed by atoms with E-state index in [1.54, 1.807) is 12.1 Å². The van der Waals surface area contributed by atoms with Crippen molar-refractivity contribution < 1.29 is 9.66 Å². The van der Waals surface area contributed by atoms with Crippen molar-refractivity contribution in [1.82, 2.24) is 0 Å². The van der Waals surface area contributed by atoms with Gasteiger partial charge in [-0.1, -0.05) is 20.8 Å². The van der Waals surface area contributed by atoms with Crippen molar-refractivity contribution >= 4 is 11.4 Å². The number of nitro benzene ring substituents is 1. The summed E-state index contributed by atoms with van der Waals surface area (Å²) in [6.45, 7) is 7.02. The van der Waals surface area contributed by atoms with Crippen LogP contribution in [0, 0.1) is 15.5 Å². The van der Waals surface area contributed by atoms with Crippen molar-refractivity contribution in [2.75, 3.05) is 11.9 Å². The van der Waals surface area contributed by atoms with E-state index in [0.717, 1.165) is 24.9 Å². The first-order valence-electron chi connectivity index (χ1n) is 7.59. The van der Waals surface area contributed by atoms with Gasteiger partial charge in [-0.2, -0.15) is 0 Å². The first-order valence-corrected chi connectivity index (χ1v) is 7.59. The fraction of sp³-hybridized carbons (Fsp3) is 0.625. The lowest BCUT2D eigenvalue weighted by atomic mass is 9.92. The zero-order valence-electron chi connectivity index (χ0n) is 13.0. The lowest BCUT2D eigenvalue weighted by molar-refractivity contribution is -0.385. The monoisotopic (exact) mass is 292 g/mol. The summed E-state index contributed by atoms with van der Waals surface area (Å²) in [5.74, 6) is 0.351. The molecule has 116 valence electrons. The van der Waals surface area contributed by atoms with Crippen molar-refractivity contribution in [3.63, 3.8) is 0 Å². The molecule has 0 aromatic heterocycles. The molecule has 2 rings (SSSR count). The number of hydrogen-bond donors (Lipinski definition) is 1. The largest absolute Gasteiger partial charge is 0.487 e. The van der Waals surface area contributed by atoms with Gasteiger partial charge in [0.15, 0.2) is 5.75 Å². The van der Waals surface area contributed by atoms with Gasteiger partial charge in [0.05, 0.1) is 11.5 Å². The molecule has 5 nitrogen and oxygen atoms in total. The van der Waals surface area contributed by atoms with E-state index in [1.165, 1.54) is 12.5 Å². The predicted molar refractivity (Wildman–Crippen MR) is 83.9 cm³/mol. The predicted octanol–water partition coefficient (Wildman–Crippen LogP) is 4.37. The maximum absolute atomic E-state index is 11.0. The molecule has 0 amide bonds. The van der Waals surface area contributed by atoms with Crippen LogP contribution in [0.2, 0.25) is 0 Å². The van der Waals surface area contributed by atoms with Crippen LogP contribution in [0.4, 0.5) is 11.4 Å². The maximum Gasteiger partial charge on any atom is 0.311 e. The number of benzene rings is 1. The summed E-state index contributed by atoms with van der Waals surface area (Å²) in [7, 11) is 0. The van der Waals surface area contributed by atoms with Crippen LogP contribution in [-0.4, -0.2) is 17.6 Å². The molecule has 1 N–H and O–H groups in total. The Hall–Kier alpha value is -1.78. The minimum atomic E-state index is -0.395. The summed E-state index contributed by atoms with van der Waals surface area (Å²) in [6, 6.07) is 5.47. The van der Waals surface area contributed by atoms with Gasteiger partial charge in [0.1, 0.15) is 0 Å². The molecule has 0 aliphatic heterocycles. The number of rotatable bonds is 6. The highest BCUT2D eigenvalue weighted by Crippen LogP contribution is 2.39. The van der Waals surface area contributed by atoms with Gasteiger partial charge in [-0.3, -0.25) is 10.1 Å². The molecular formula is C16H24N2O3. The number of ether oxygens (including phenoxy) is 1. The molecular weight excluding hydrogens is 268 g/mol. The van der Waals surface area contributed by atoms with Crippen LogP contribution >= 0.6 is 0 Å². The van der Waals surface area contributed by atoms with E-state index in [4.69, 9.17) is 4.74 Å². The zero-order valence-corrected chi connectivity index (χ0v) is 13.0. The third-order valence-corrected chi connectivity index (χ3v) is 3.96. The Labute approximate surface area is 125 Å². The van der Waals surface area contributed by atoms with Gasteiger partial charge >= 0.3 is 5.69 Å². The number of nitro groups is 1. The molecule has 0 heterocycles. The van der Waals surface area contributed by atoms with Crippen molar-refractivity contribution in [3.05, 3.63) is 28.3 Å². The fourth-order valence-corrected chi connectivity index (χ4v) is 2.88. The molecule has 0 bridgehead atoms. The molecule has 1 atom stereocenters. The molecule has 0 saturated heterocycles. The molecule has 1 fully saturated rings. The van der Waals surface area contributed by atoms with Crippen LogP contribution in [0.5, 0.6) is 5.75 Å². The van der Waals surface area contributed by atoms with E-state index in [1.807, 2.05) is 6.92 Å². The Morgan fingerprint density at radius 1 is 1.48 bits per heavy atom. The molecule has 1 aromatic rings. The van der Waals surface area contributed by atoms with Crippen molar-refractivity contribution in [2.24, 2.45) is 5.41 Å². The number of nitrogens with zero attached hydrogens (tertiary/aromatic N) is 1. The highest BCUT2D eigenvalue weighted by atomic mass is 16.6. The summed E-state index contributed by atoms with van der Waals surface area (Å²) in [4.78, 5) is 10.6. The number of anilines is 1. The van der Waals surface area contributed by atoms with Gasteiger partial charge in [-0.15, -0.1) is 0 Å². The van der Waals surface area contributed by atoms with Crippen molar-refractivity contribution in [1.29, 1.82) is 0 Å². The van der Waals surface area contributed by atoms with Crippen LogP contribution in [0.3, 0.4) is 0 Å². The normalized spacial score (nSPS) is 20.2. The Balaban J connectivity index is 2.11. The molecule has 5 heteroatoms. The second-order valence-electron chi connectivity index (χ2n) is 6.54. The first-order chi connectivity index (χ1) is 9.91. The summed E-state index contributed by atoms with van der Waals surface area (Å²) in [6.07, 6.45) is 4.28. The van der Waals surface area contributed by atoms with Crippen molar-refractivity contribution in [3.8, 4) is 5.75 Å². The Morgan fingerprint density at radius 3 is 2.81 bits per heavy atom. The molecule has 1 aliphatic rings. The molecule has 21 heavy (non-hydrogen) atoms. The molecule has 1 aromatic carbocycles. The summed E-state index contributed by atoms with van der Waals surface area (Å²) in [5.41, 5.74) is 1.30. The second kappa shape index (κ2) is 6.33. The van der Waals surface area contributed by atoms with E-state index in [-0.39, 0.29) is 5.69 Å². The van der Waals surface area contributed by atoms with Gasteiger partial charge < -0.3 is 10.1 Å². The topological polar surface area (TPSA) is 64.4 Å². The smallest absolute Gasteiger partial charge is 0.311 e. The van der Waals surface area contributed by atoms with E-state index >= 15 is 0 Å². The van der Waals surface area contributed by atoms with E-state index in [0.29, 0.717) is 23.8 Å². The summed E-state index contributed by atoms with van der Waals surface area (Å²) in [5, 5.41) is 14.5. The zero-order chi connectivity index (χ0) is 15.5. The van der Waals surface area contributed by atoms with E-state index in [9.17, 15) is 10.1 Å². The second-order valence-corrected chi connectivity index (χ2v) is 6.54. The fourth-order valence-electron chi connectivity index (χ4n) is 2.88. The van der Waals surface area contributed by atoms with Crippen molar-refractivity contribution in [2.45, 2.75) is 52.5 Å². The van der Waals surface area contributed by atoms with Gasteiger partial charge in [0.2, 0.25) is 0 Å². The Kier molecular flexibility index (Phi) is 4.70. The van der Waals surface area contributed by atoms with Gasteiger partial charge in [-0.25, -0.2) is 0 Å². The highest BCUT2D eigenvalue weighted by molar-refractivity contribution is 5.58. The summed E-state index contributed by atoms with van der Waals surface area (Å²) >= 11 is 0.